The van der Waals surface area contributed by atoms with Crippen molar-refractivity contribution in [2.45, 2.75) is 6.18 Å². The standard InChI is InChI=1S/C11H13F3N2O2/c12-11(13,14)8-16(6-7-17)10(18)15-9-4-2-1-3-5-9/h1-5,17H,6-8H2,(H,15,18). The number of rotatable bonds is 4. The van der Waals surface area contributed by atoms with E-state index < -0.39 is 25.4 Å². The maximum Gasteiger partial charge on any atom is 0.406 e. The molecule has 0 aliphatic rings. The van der Waals surface area contributed by atoms with Gasteiger partial charge in [0.2, 0.25) is 0 Å². The second-order valence-electron chi connectivity index (χ2n) is 3.56. The summed E-state index contributed by atoms with van der Waals surface area (Å²) in [5.74, 6) is 0. The zero-order valence-electron chi connectivity index (χ0n) is 9.44. The van der Waals surface area contributed by atoms with E-state index in [0.717, 1.165) is 0 Å². The Morgan fingerprint density at radius 1 is 1.28 bits per heavy atom. The number of alkyl halides is 3. The molecule has 0 radical (unpaired) electrons. The second kappa shape index (κ2) is 6.25. The van der Waals surface area contributed by atoms with E-state index in [1.807, 2.05) is 0 Å². The third-order valence-electron chi connectivity index (χ3n) is 2.05. The molecule has 0 bridgehead atoms. The van der Waals surface area contributed by atoms with Crippen LogP contribution in [0.2, 0.25) is 0 Å². The molecular formula is C11H13F3N2O2. The van der Waals surface area contributed by atoms with Crippen LogP contribution in [0.1, 0.15) is 0 Å². The molecule has 4 nitrogen and oxygen atoms in total. The zero-order valence-corrected chi connectivity index (χ0v) is 9.44. The number of halogens is 3. The normalized spacial score (nSPS) is 11.1. The molecule has 0 aromatic heterocycles. The van der Waals surface area contributed by atoms with Gasteiger partial charge in [-0.15, -0.1) is 0 Å². The number of hydrogen-bond donors (Lipinski definition) is 2. The summed E-state index contributed by atoms with van der Waals surface area (Å²) in [5.41, 5.74) is 0.396. The van der Waals surface area contributed by atoms with E-state index in [1.165, 1.54) is 0 Å². The molecule has 7 heteroatoms. The zero-order chi connectivity index (χ0) is 13.6. The highest BCUT2D eigenvalue weighted by Crippen LogP contribution is 2.17. The molecular weight excluding hydrogens is 249 g/mol. The molecule has 1 aromatic rings. The fourth-order valence-corrected chi connectivity index (χ4v) is 1.31. The first kappa shape index (κ1) is 14.3. The van der Waals surface area contributed by atoms with Gasteiger partial charge < -0.3 is 15.3 Å². The molecule has 0 saturated heterocycles. The van der Waals surface area contributed by atoms with Crippen LogP contribution < -0.4 is 5.32 Å². The van der Waals surface area contributed by atoms with Crippen molar-refractivity contribution in [1.29, 1.82) is 0 Å². The number of hydrogen-bond acceptors (Lipinski definition) is 2. The van der Waals surface area contributed by atoms with Crippen molar-refractivity contribution in [3.8, 4) is 0 Å². The molecule has 1 rings (SSSR count). The van der Waals surface area contributed by atoms with E-state index in [1.54, 1.807) is 30.3 Å². The first-order valence-corrected chi connectivity index (χ1v) is 5.21. The summed E-state index contributed by atoms with van der Waals surface area (Å²) < 4.78 is 36.7. The van der Waals surface area contributed by atoms with Gasteiger partial charge in [-0.25, -0.2) is 4.79 Å². The van der Waals surface area contributed by atoms with E-state index in [-0.39, 0.29) is 6.54 Å². The SMILES string of the molecule is O=C(Nc1ccccc1)N(CCO)CC(F)(F)F. The van der Waals surface area contributed by atoms with E-state index in [4.69, 9.17) is 5.11 Å². The molecule has 0 unspecified atom stereocenters. The van der Waals surface area contributed by atoms with E-state index in [9.17, 15) is 18.0 Å². The predicted molar refractivity (Wildman–Crippen MR) is 60.2 cm³/mol. The molecule has 2 amide bonds. The average Bonchev–Trinajstić information content (AvgIpc) is 2.28. The highest BCUT2D eigenvalue weighted by atomic mass is 19.4. The molecule has 18 heavy (non-hydrogen) atoms. The number of para-hydroxylation sites is 1. The quantitative estimate of drug-likeness (QED) is 0.872. The summed E-state index contributed by atoms with van der Waals surface area (Å²) in [5, 5.41) is 11.0. The number of nitrogens with zero attached hydrogens (tertiary/aromatic N) is 1. The maximum atomic E-state index is 12.2. The first-order valence-electron chi connectivity index (χ1n) is 5.21. The number of carbonyl (C=O) groups is 1. The third-order valence-corrected chi connectivity index (χ3v) is 2.05. The van der Waals surface area contributed by atoms with Crippen LogP contribution in [-0.4, -0.2) is 41.9 Å². The number of benzene rings is 1. The van der Waals surface area contributed by atoms with Crippen molar-refractivity contribution in [3.63, 3.8) is 0 Å². The molecule has 0 atom stereocenters. The molecule has 2 N–H and O–H groups in total. The lowest BCUT2D eigenvalue weighted by atomic mass is 10.3. The molecule has 0 fully saturated rings. The Bertz CT molecular complexity index is 382. The number of aliphatic hydroxyl groups excluding tert-OH is 1. The van der Waals surface area contributed by atoms with Crippen molar-refractivity contribution < 1.29 is 23.1 Å². The van der Waals surface area contributed by atoms with Gasteiger partial charge in [-0.3, -0.25) is 0 Å². The highest BCUT2D eigenvalue weighted by Gasteiger charge is 2.32. The van der Waals surface area contributed by atoms with Gasteiger partial charge in [0.05, 0.1) is 6.61 Å². The van der Waals surface area contributed by atoms with Crippen molar-refractivity contribution >= 4 is 11.7 Å². The van der Waals surface area contributed by atoms with E-state index in [2.05, 4.69) is 5.32 Å². The second-order valence-corrected chi connectivity index (χ2v) is 3.56. The van der Waals surface area contributed by atoms with E-state index in [0.29, 0.717) is 10.6 Å². The van der Waals surface area contributed by atoms with Crippen molar-refractivity contribution in [2.24, 2.45) is 0 Å². The van der Waals surface area contributed by atoms with Crippen LogP contribution in [0.4, 0.5) is 23.7 Å². The van der Waals surface area contributed by atoms with Gasteiger partial charge >= 0.3 is 12.2 Å². The number of aliphatic hydroxyl groups is 1. The lowest BCUT2D eigenvalue weighted by Crippen LogP contribution is -2.43. The summed E-state index contributed by atoms with van der Waals surface area (Å²) in [7, 11) is 0. The van der Waals surface area contributed by atoms with Crippen LogP contribution in [0.5, 0.6) is 0 Å². The van der Waals surface area contributed by atoms with Crippen LogP contribution >= 0.6 is 0 Å². The minimum atomic E-state index is -4.50. The summed E-state index contributed by atoms with van der Waals surface area (Å²) in [6.45, 7) is -2.30. The monoisotopic (exact) mass is 262 g/mol. The van der Waals surface area contributed by atoms with E-state index >= 15 is 0 Å². The fourth-order valence-electron chi connectivity index (χ4n) is 1.31. The van der Waals surface area contributed by atoms with Crippen LogP contribution in [0.25, 0.3) is 0 Å². The number of amides is 2. The number of nitrogens with one attached hydrogen (secondary N) is 1. The number of carbonyl (C=O) groups excluding carboxylic acids is 1. The minimum absolute atomic E-state index is 0.377. The summed E-state index contributed by atoms with van der Waals surface area (Å²) in [6, 6.07) is 7.24. The Morgan fingerprint density at radius 2 is 1.89 bits per heavy atom. The average molecular weight is 262 g/mol. The van der Waals surface area contributed by atoms with Gasteiger partial charge in [-0.2, -0.15) is 13.2 Å². The van der Waals surface area contributed by atoms with Gasteiger partial charge in [0.15, 0.2) is 0 Å². The van der Waals surface area contributed by atoms with Crippen LogP contribution in [0.15, 0.2) is 30.3 Å². The van der Waals surface area contributed by atoms with Crippen molar-refractivity contribution in [1.82, 2.24) is 4.90 Å². The van der Waals surface area contributed by atoms with Gasteiger partial charge in [-0.1, -0.05) is 18.2 Å². The maximum absolute atomic E-state index is 12.2. The highest BCUT2D eigenvalue weighted by molar-refractivity contribution is 5.89. The van der Waals surface area contributed by atoms with Crippen LogP contribution in [0.3, 0.4) is 0 Å². The lowest BCUT2D eigenvalue weighted by Gasteiger charge is -2.23. The molecule has 0 spiro atoms. The Labute approximate surface area is 102 Å². The number of urea groups is 1. The molecule has 0 saturated carbocycles. The Morgan fingerprint density at radius 3 is 2.39 bits per heavy atom. The molecule has 0 heterocycles. The van der Waals surface area contributed by atoms with Crippen molar-refractivity contribution in [3.05, 3.63) is 30.3 Å². The number of anilines is 1. The topological polar surface area (TPSA) is 52.6 Å². The Kier molecular flexibility index (Phi) is 4.96. The largest absolute Gasteiger partial charge is 0.406 e. The molecule has 100 valence electrons. The van der Waals surface area contributed by atoms with Crippen LogP contribution in [-0.2, 0) is 0 Å². The van der Waals surface area contributed by atoms with Crippen LogP contribution in [0, 0.1) is 0 Å². The molecule has 0 aliphatic carbocycles. The lowest BCUT2D eigenvalue weighted by molar-refractivity contribution is -0.140. The van der Waals surface area contributed by atoms with Gasteiger partial charge in [0.25, 0.3) is 0 Å². The first-order chi connectivity index (χ1) is 8.42. The van der Waals surface area contributed by atoms with Crippen molar-refractivity contribution in [2.75, 3.05) is 25.0 Å². The van der Waals surface area contributed by atoms with Gasteiger partial charge in [0, 0.05) is 12.2 Å². The Balaban J connectivity index is 2.65. The predicted octanol–water partition coefficient (Wildman–Crippen LogP) is 2.08. The summed E-state index contributed by atoms with van der Waals surface area (Å²) in [6.07, 6.45) is -4.50. The summed E-state index contributed by atoms with van der Waals surface area (Å²) in [4.78, 5) is 12.1. The fraction of sp³-hybridized carbons (Fsp3) is 0.364. The summed E-state index contributed by atoms with van der Waals surface area (Å²) >= 11 is 0. The third kappa shape index (κ3) is 5.05. The Hall–Kier alpha value is -1.76. The van der Waals surface area contributed by atoms with Gasteiger partial charge in [0.1, 0.15) is 6.54 Å². The molecule has 1 aromatic carbocycles. The van der Waals surface area contributed by atoms with Gasteiger partial charge in [-0.05, 0) is 12.1 Å². The smallest absolute Gasteiger partial charge is 0.395 e. The molecule has 0 aliphatic heterocycles. The minimum Gasteiger partial charge on any atom is -0.395 e.